The van der Waals surface area contributed by atoms with Gasteiger partial charge in [0.15, 0.2) is 0 Å². The highest BCUT2D eigenvalue weighted by Crippen LogP contribution is 2.26. The highest BCUT2D eigenvalue weighted by molar-refractivity contribution is 5.79. The van der Waals surface area contributed by atoms with Crippen LogP contribution in [0.1, 0.15) is 55.3 Å². The van der Waals surface area contributed by atoms with Gasteiger partial charge in [-0.1, -0.05) is 36.6 Å². The fourth-order valence-electron chi connectivity index (χ4n) is 2.91. The Kier molecular flexibility index (Phi) is 4.05. The van der Waals surface area contributed by atoms with E-state index < -0.39 is 0 Å². The van der Waals surface area contributed by atoms with E-state index in [1.54, 1.807) is 0 Å². The van der Waals surface area contributed by atoms with Crippen LogP contribution < -0.4 is 5.32 Å². The van der Waals surface area contributed by atoms with Gasteiger partial charge in [-0.05, 0) is 44.7 Å². The van der Waals surface area contributed by atoms with Gasteiger partial charge in [-0.3, -0.25) is 4.79 Å². The summed E-state index contributed by atoms with van der Waals surface area (Å²) in [7, 11) is 0. The molecule has 1 N–H and O–H groups in total. The molecular formula is C16H23NO. The summed E-state index contributed by atoms with van der Waals surface area (Å²) in [5.74, 6) is 0.484. The van der Waals surface area contributed by atoms with Crippen molar-refractivity contribution in [1.29, 1.82) is 0 Å². The van der Waals surface area contributed by atoms with Crippen molar-refractivity contribution in [3.8, 4) is 0 Å². The summed E-state index contributed by atoms with van der Waals surface area (Å²) in [6.07, 6.45) is 4.53. The number of carbonyl (C=O) groups is 1. The van der Waals surface area contributed by atoms with Crippen LogP contribution in [-0.2, 0) is 4.79 Å². The van der Waals surface area contributed by atoms with Gasteiger partial charge in [0.05, 0.1) is 6.04 Å². The van der Waals surface area contributed by atoms with Gasteiger partial charge in [-0.25, -0.2) is 0 Å². The zero-order chi connectivity index (χ0) is 13.1. The molecule has 0 aliphatic heterocycles. The van der Waals surface area contributed by atoms with E-state index in [1.807, 2.05) is 0 Å². The lowest BCUT2D eigenvalue weighted by Crippen LogP contribution is -2.31. The van der Waals surface area contributed by atoms with E-state index in [0.29, 0.717) is 0 Å². The number of hydrogen-bond donors (Lipinski definition) is 1. The van der Waals surface area contributed by atoms with Crippen LogP contribution in [0, 0.1) is 19.8 Å². The summed E-state index contributed by atoms with van der Waals surface area (Å²) in [5, 5.41) is 3.16. The summed E-state index contributed by atoms with van der Waals surface area (Å²) in [6, 6.07) is 6.52. The van der Waals surface area contributed by atoms with Gasteiger partial charge in [0.1, 0.15) is 0 Å². The third kappa shape index (κ3) is 2.92. The second kappa shape index (κ2) is 5.55. The summed E-state index contributed by atoms with van der Waals surface area (Å²) in [4.78, 5) is 12.1. The van der Waals surface area contributed by atoms with E-state index in [9.17, 15) is 4.79 Å². The van der Waals surface area contributed by atoms with Crippen molar-refractivity contribution in [3.63, 3.8) is 0 Å². The molecular weight excluding hydrogens is 222 g/mol. The quantitative estimate of drug-likeness (QED) is 0.865. The van der Waals surface area contributed by atoms with Crippen LogP contribution in [0.2, 0.25) is 0 Å². The second-order valence-electron chi connectivity index (χ2n) is 5.57. The summed E-state index contributed by atoms with van der Waals surface area (Å²) >= 11 is 0. The van der Waals surface area contributed by atoms with Gasteiger partial charge in [0, 0.05) is 5.92 Å². The van der Waals surface area contributed by atoms with Crippen molar-refractivity contribution in [1.82, 2.24) is 5.32 Å². The molecule has 1 aliphatic carbocycles. The number of hydrogen-bond acceptors (Lipinski definition) is 1. The molecule has 18 heavy (non-hydrogen) atoms. The molecule has 0 heterocycles. The standard InChI is InChI=1S/C16H23NO/c1-11-8-9-15(12(2)10-11)13(3)17-16(18)14-6-4-5-7-14/h8-10,13-14H,4-7H2,1-3H3,(H,17,18)/t13-/m1/s1. The molecule has 1 aromatic carbocycles. The van der Waals surface area contributed by atoms with Crippen LogP contribution in [0.25, 0.3) is 0 Å². The molecule has 1 amide bonds. The lowest BCUT2D eigenvalue weighted by Gasteiger charge is -2.19. The van der Waals surface area contributed by atoms with Crippen LogP contribution in [0.5, 0.6) is 0 Å². The Hall–Kier alpha value is -1.31. The van der Waals surface area contributed by atoms with E-state index in [2.05, 4.69) is 44.3 Å². The smallest absolute Gasteiger partial charge is 0.223 e. The average molecular weight is 245 g/mol. The Morgan fingerprint density at radius 1 is 1.28 bits per heavy atom. The van der Waals surface area contributed by atoms with Gasteiger partial charge in [-0.2, -0.15) is 0 Å². The number of amides is 1. The molecule has 1 fully saturated rings. The van der Waals surface area contributed by atoms with Crippen molar-refractivity contribution in [2.24, 2.45) is 5.92 Å². The Morgan fingerprint density at radius 3 is 2.56 bits per heavy atom. The predicted molar refractivity (Wildman–Crippen MR) is 74.4 cm³/mol. The fraction of sp³-hybridized carbons (Fsp3) is 0.562. The Balaban J connectivity index is 2.02. The zero-order valence-corrected chi connectivity index (χ0v) is 11.6. The van der Waals surface area contributed by atoms with E-state index in [4.69, 9.17) is 0 Å². The molecule has 0 unspecified atom stereocenters. The van der Waals surface area contributed by atoms with Crippen LogP contribution in [-0.4, -0.2) is 5.91 Å². The molecule has 1 aromatic rings. The van der Waals surface area contributed by atoms with Crippen LogP contribution >= 0.6 is 0 Å². The maximum Gasteiger partial charge on any atom is 0.223 e. The lowest BCUT2D eigenvalue weighted by molar-refractivity contribution is -0.125. The van der Waals surface area contributed by atoms with Crippen molar-refractivity contribution < 1.29 is 4.79 Å². The van der Waals surface area contributed by atoms with E-state index in [1.165, 1.54) is 29.5 Å². The number of benzene rings is 1. The molecule has 98 valence electrons. The predicted octanol–water partition coefficient (Wildman–Crippen LogP) is 3.67. The van der Waals surface area contributed by atoms with Gasteiger partial charge in [0.2, 0.25) is 5.91 Å². The van der Waals surface area contributed by atoms with Crippen molar-refractivity contribution in [3.05, 3.63) is 34.9 Å². The molecule has 0 spiro atoms. The van der Waals surface area contributed by atoms with Gasteiger partial charge >= 0.3 is 0 Å². The number of carbonyl (C=O) groups excluding carboxylic acids is 1. The molecule has 1 saturated carbocycles. The summed E-state index contributed by atoms with van der Waals surface area (Å²) in [5.41, 5.74) is 3.76. The monoisotopic (exact) mass is 245 g/mol. The number of nitrogens with one attached hydrogen (secondary N) is 1. The molecule has 2 heteroatoms. The van der Waals surface area contributed by atoms with Crippen LogP contribution in [0.4, 0.5) is 0 Å². The normalized spacial score (nSPS) is 17.7. The molecule has 2 rings (SSSR count). The number of rotatable bonds is 3. The maximum absolute atomic E-state index is 12.1. The largest absolute Gasteiger partial charge is 0.349 e. The third-order valence-corrected chi connectivity index (χ3v) is 3.98. The molecule has 0 radical (unpaired) electrons. The Bertz CT molecular complexity index is 433. The van der Waals surface area contributed by atoms with Crippen LogP contribution in [0.3, 0.4) is 0 Å². The highest BCUT2D eigenvalue weighted by Gasteiger charge is 2.24. The molecule has 2 nitrogen and oxygen atoms in total. The van der Waals surface area contributed by atoms with Gasteiger partial charge in [-0.15, -0.1) is 0 Å². The SMILES string of the molecule is Cc1ccc([C@@H](C)NC(=O)C2CCCC2)c(C)c1. The lowest BCUT2D eigenvalue weighted by atomic mass is 9.99. The first-order valence-corrected chi connectivity index (χ1v) is 6.95. The van der Waals surface area contributed by atoms with E-state index in [-0.39, 0.29) is 17.9 Å². The maximum atomic E-state index is 12.1. The van der Waals surface area contributed by atoms with E-state index in [0.717, 1.165) is 12.8 Å². The van der Waals surface area contributed by atoms with Crippen molar-refractivity contribution in [2.45, 2.75) is 52.5 Å². The van der Waals surface area contributed by atoms with Crippen molar-refractivity contribution >= 4 is 5.91 Å². The van der Waals surface area contributed by atoms with Gasteiger partial charge < -0.3 is 5.32 Å². The first-order valence-electron chi connectivity index (χ1n) is 6.95. The molecule has 0 aromatic heterocycles. The van der Waals surface area contributed by atoms with Crippen LogP contribution in [0.15, 0.2) is 18.2 Å². The minimum absolute atomic E-state index is 0.110. The molecule has 0 saturated heterocycles. The molecule has 1 atom stereocenters. The summed E-state index contributed by atoms with van der Waals surface area (Å²) in [6.45, 7) is 6.28. The second-order valence-corrected chi connectivity index (χ2v) is 5.57. The summed E-state index contributed by atoms with van der Waals surface area (Å²) < 4.78 is 0. The highest BCUT2D eigenvalue weighted by atomic mass is 16.1. The van der Waals surface area contributed by atoms with Gasteiger partial charge in [0.25, 0.3) is 0 Å². The topological polar surface area (TPSA) is 29.1 Å². The first-order chi connectivity index (χ1) is 8.58. The first kappa shape index (κ1) is 13.1. The minimum atomic E-state index is 0.110. The van der Waals surface area contributed by atoms with Crippen molar-refractivity contribution in [2.75, 3.05) is 0 Å². The molecule has 1 aliphatic rings. The Labute approximate surface area is 110 Å². The third-order valence-electron chi connectivity index (χ3n) is 3.98. The molecule has 0 bridgehead atoms. The zero-order valence-electron chi connectivity index (χ0n) is 11.6. The average Bonchev–Trinajstić information content (AvgIpc) is 2.81. The Morgan fingerprint density at radius 2 is 1.94 bits per heavy atom. The minimum Gasteiger partial charge on any atom is -0.349 e. The fourth-order valence-corrected chi connectivity index (χ4v) is 2.91. The number of aryl methyl sites for hydroxylation is 2. The van der Waals surface area contributed by atoms with E-state index >= 15 is 0 Å².